The highest BCUT2D eigenvalue weighted by molar-refractivity contribution is 6.02. The van der Waals surface area contributed by atoms with E-state index in [4.69, 9.17) is 9.47 Å². The lowest BCUT2D eigenvalue weighted by Gasteiger charge is -2.53. The second-order valence-corrected chi connectivity index (χ2v) is 6.62. The topological polar surface area (TPSA) is 38.8 Å². The van der Waals surface area contributed by atoms with E-state index in [0.29, 0.717) is 13.2 Å². The van der Waals surface area contributed by atoms with E-state index < -0.39 is 5.79 Å². The Labute approximate surface area is 155 Å². The minimum atomic E-state index is -0.831. The van der Waals surface area contributed by atoms with Crippen molar-refractivity contribution >= 4 is 17.3 Å². The number of hydrogen-bond acceptors (Lipinski definition) is 3. The van der Waals surface area contributed by atoms with Crippen LogP contribution in [0.3, 0.4) is 0 Å². The first-order valence-corrected chi connectivity index (χ1v) is 9.36. The fraction of sp³-hybridized carbons (Fsp3) is 0.409. The van der Waals surface area contributed by atoms with Gasteiger partial charge in [0.1, 0.15) is 0 Å². The third-order valence-electron chi connectivity index (χ3n) is 5.05. The lowest BCUT2D eigenvalue weighted by molar-refractivity contribution is -0.328. The van der Waals surface area contributed by atoms with E-state index in [-0.39, 0.29) is 17.7 Å². The van der Waals surface area contributed by atoms with Crippen LogP contribution < -0.4 is 4.90 Å². The van der Waals surface area contributed by atoms with Gasteiger partial charge in [-0.3, -0.25) is 9.69 Å². The number of anilines is 2. The average molecular weight is 353 g/mol. The normalized spacial score (nSPS) is 21.0. The van der Waals surface area contributed by atoms with Gasteiger partial charge in [0.25, 0.3) is 0 Å². The summed E-state index contributed by atoms with van der Waals surface area (Å²) in [5.41, 5.74) is 1.70. The Morgan fingerprint density at radius 1 is 0.962 bits per heavy atom. The molecule has 0 saturated heterocycles. The maximum atomic E-state index is 13.6. The first-order valence-electron chi connectivity index (χ1n) is 9.36. The molecular weight excluding hydrogens is 326 g/mol. The number of amides is 1. The molecule has 0 heterocycles. The minimum Gasteiger partial charge on any atom is -0.349 e. The predicted molar refractivity (Wildman–Crippen MR) is 103 cm³/mol. The number of ether oxygens (including phenoxy) is 2. The number of rotatable bonds is 7. The van der Waals surface area contributed by atoms with Crippen LogP contribution in [-0.2, 0) is 14.3 Å². The standard InChI is InChI=1S/C22H27NO3/c1-4-25-22(26-5-2)17(3)16-20(22)21(24)23(18-12-8-6-9-13-18)19-14-10-7-11-15-19/h6-15,17,20H,4-5,16H2,1-3H3/t17-,20+/m0/s1. The Balaban J connectivity index is 1.98. The zero-order chi connectivity index (χ0) is 18.6. The van der Waals surface area contributed by atoms with Crippen LogP contribution >= 0.6 is 0 Å². The summed E-state index contributed by atoms with van der Waals surface area (Å²) in [6.07, 6.45) is 0.759. The molecule has 3 rings (SSSR count). The van der Waals surface area contributed by atoms with E-state index in [0.717, 1.165) is 17.8 Å². The molecule has 4 nitrogen and oxygen atoms in total. The van der Waals surface area contributed by atoms with Crippen LogP contribution in [0.1, 0.15) is 27.2 Å². The molecule has 138 valence electrons. The van der Waals surface area contributed by atoms with Gasteiger partial charge in [0.2, 0.25) is 5.91 Å². The van der Waals surface area contributed by atoms with Crippen LogP contribution in [0, 0.1) is 11.8 Å². The van der Waals surface area contributed by atoms with Crippen molar-refractivity contribution in [3.05, 3.63) is 60.7 Å². The van der Waals surface area contributed by atoms with Gasteiger partial charge in [-0.1, -0.05) is 43.3 Å². The Kier molecular flexibility index (Phi) is 5.74. The SMILES string of the molecule is CCOC1(OCC)[C@@H](C(=O)N(c2ccccc2)c2ccccc2)C[C@@H]1C. The first-order chi connectivity index (χ1) is 12.6. The van der Waals surface area contributed by atoms with Crippen LogP contribution in [0.15, 0.2) is 60.7 Å². The molecule has 0 spiro atoms. The fourth-order valence-electron chi connectivity index (χ4n) is 3.83. The molecule has 2 atom stereocenters. The van der Waals surface area contributed by atoms with Crippen molar-refractivity contribution in [1.82, 2.24) is 0 Å². The summed E-state index contributed by atoms with van der Waals surface area (Å²) in [7, 11) is 0. The van der Waals surface area contributed by atoms with Crippen LogP contribution in [-0.4, -0.2) is 24.9 Å². The van der Waals surface area contributed by atoms with Gasteiger partial charge < -0.3 is 9.47 Å². The predicted octanol–water partition coefficient (Wildman–Crippen LogP) is 4.78. The third-order valence-corrected chi connectivity index (χ3v) is 5.05. The molecule has 0 aromatic heterocycles. The summed E-state index contributed by atoms with van der Waals surface area (Å²) in [6, 6.07) is 19.5. The molecule has 4 heteroatoms. The second kappa shape index (κ2) is 8.02. The van der Waals surface area contributed by atoms with Crippen molar-refractivity contribution in [2.75, 3.05) is 18.1 Å². The largest absolute Gasteiger partial charge is 0.349 e. The number of nitrogens with zero attached hydrogens (tertiary/aromatic N) is 1. The van der Waals surface area contributed by atoms with E-state index in [1.165, 1.54) is 0 Å². The zero-order valence-electron chi connectivity index (χ0n) is 15.7. The number of benzene rings is 2. The quantitative estimate of drug-likeness (QED) is 0.673. The highest BCUT2D eigenvalue weighted by atomic mass is 16.7. The van der Waals surface area contributed by atoms with Gasteiger partial charge >= 0.3 is 0 Å². The van der Waals surface area contributed by atoms with Crippen molar-refractivity contribution in [1.29, 1.82) is 0 Å². The van der Waals surface area contributed by atoms with Crippen molar-refractivity contribution in [2.24, 2.45) is 11.8 Å². The molecule has 2 aromatic carbocycles. The molecule has 1 fully saturated rings. The van der Waals surface area contributed by atoms with E-state index in [1.807, 2.05) is 74.5 Å². The van der Waals surface area contributed by atoms with Gasteiger partial charge in [0, 0.05) is 30.5 Å². The highest BCUT2D eigenvalue weighted by Gasteiger charge is 2.59. The van der Waals surface area contributed by atoms with Gasteiger partial charge in [0.05, 0.1) is 5.92 Å². The van der Waals surface area contributed by atoms with Crippen molar-refractivity contribution in [3.63, 3.8) is 0 Å². The molecule has 0 unspecified atom stereocenters. The molecule has 0 bridgehead atoms. The monoisotopic (exact) mass is 353 g/mol. The Morgan fingerprint density at radius 3 is 1.81 bits per heavy atom. The Hall–Kier alpha value is -2.17. The van der Waals surface area contributed by atoms with Crippen LogP contribution in [0.5, 0.6) is 0 Å². The van der Waals surface area contributed by atoms with Gasteiger partial charge in [0.15, 0.2) is 5.79 Å². The van der Waals surface area contributed by atoms with Crippen molar-refractivity contribution in [2.45, 2.75) is 33.0 Å². The second-order valence-electron chi connectivity index (χ2n) is 6.62. The van der Waals surface area contributed by atoms with Gasteiger partial charge in [-0.25, -0.2) is 0 Å². The van der Waals surface area contributed by atoms with E-state index in [9.17, 15) is 4.79 Å². The number of hydrogen-bond donors (Lipinski definition) is 0. The lowest BCUT2D eigenvalue weighted by atomic mass is 9.68. The van der Waals surface area contributed by atoms with Gasteiger partial charge in [-0.05, 0) is 44.5 Å². The summed E-state index contributed by atoms with van der Waals surface area (Å²) < 4.78 is 12.0. The molecule has 26 heavy (non-hydrogen) atoms. The summed E-state index contributed by atoms with van der Waals surface area (Å²) >= 11 is 0. The summed E-state index contributed by atoms with van der Waals surface area (Å²) in [5, 5.41) is 0. The zero-order valence-corrected chi connectivity index (χ0v) is 15.7. The molecule has 1 aliphatic rings. The van der Waals surface area contributed by atoms with Crippen molar-refractivity contribution < 1.29 is 14.3 Å². The molecule has 1 amide bonds. The number of para-hydroxylation sites is 2. The fourth-order valence-corrected chi connectivity index (χ4v) is 3.83. The third kappa shape index (κ3) is 3.27. The summed E-state index contributed by atoms with van der Waals surface area (Å²) in [4.78, 5) is 15.4. The molecule has 1 aliphatic carbocycles. The van der Waals surface area contributed by atoms with E-state index in [2.05, 4.69) is 6.92 Å². The smallest absolute Gasteiger partial charge is 0.240 e. The molecule has 1 saturated carbocycles. The molecule has 0 radical (unpaired) electrons. The molecule has 2 aromatic rings. The van der Waals surface area contributed by atoms with E-state index in [1.54, 1.807) is 4.90 Å². The van der Waals surface area contributed by atoms with E-state index >= 15 is 0 Å². The van der Waals surface area contributed by atoms with Crippen LogP contribution in [0.2, 0.25) is 0 Å². The summed E-state index contributed by atoms with van der Waals surface area (Å²) in [6.45, 7) is 7.01. The number of carbonyl (C=O) groups excluding carboxylic acids is 1. The summed E-state index contributed by atoms with van der Waals surface area (Å²) in [5.74, 6) is -0.951. The highest BCUT2D eigenvalue weighted by Crippen LogP contribution is 2.49. The Morgan fingerprint density at radius 2 is 1.42 bits per heavy atom. The molecule has 0 N–H and O–H groups in total. The average Bonchev–Trinajstić information content (AvgIpc) is 2.67. The Bertz CT molecular complexity index is 671. The van der Waals surface area contributed by atoms with Gasteiger partial charge in [-0.15, -0.1) is 0 Å². The lowest BCUT2D eigenvalue weighted by Crippen LogP contribution is -2.63. The number of carbonyl (C=O) groups is 1. The maximum Gasteiger partial charge on any atom is 0.240 e. The maximum absolute atomic E-state index is 13.6. The van der Waals surface area contributed by atoms with Crippen LogP contribution in [0.25, 0.3) is 0 Å². The molecule has 0 aliphatic heterocycles. The first kappa shape index (κ1) is 18.6. The van der Waals surface area contributed by atoms with Crippen molar-refractivity contribution in [3.8, 4) is 0 Å². The minimum absolute atomic E-state index is 0.0161. The van der Waals surface area contributed by atoms with Gasteiger partial charge in [-0.2, -0.15) is 0 Å². The van der Waals surface area contributed by atoms with Crippen LogP contribution in [0.4, 0.5) is 11.4 Å². The molecular formula is C22H27NO3.